The molecule has 1 aromatic rings. The molecule has 0 amide bonds. The van der Waals surface area contributed by atoms with Crippen LogP contribution < -0.4 is 5.32 Å². The van der Waals surface area contributed by atoms with Crippen molar-refractivity contribution in [3.63, 3.8) is 0 Å². The molecule has 0 fully saturated rings. The van der Waals surface area contributed by atoms with Crippen LogP contribution in [0.15, 0.2) is 12.4 Å². The van der Waals surface area contributed by atoms with Gasteiger partial charge in [-0.1, -0.05) is 0 Å². The van der Waals surface area contributed by atoms with Crippen molar-refractivity contribution in [1.82, 2.24) is 15.1 Å². The molecule has 0 radical (unpaired) electrons. The summed E-state index contributed by atoms with van der Waals surface area (Å²) < 4.78 is 1.33. The van der Waals surface area contributed by atoms with Crippen molar-refractivity contribution < 1.29 is 15.1 Å². The number of nitrogens with zero attached hydrogens (tertiary/aromatic N) is 3. The van der Waals surface area contributed by atoms with Crippen LogP contribution in [0, 0.1) is 10.1 Å². The molecule has 8 nitrogen and oxygen atoms in total. The highest BCUT2D eigenvalue weighted by molar-refractivity contribution is 5.20. The molecule has 0 aromatic carbocycles. The van der Waals surface area contributed by atoms with Gasteiger partial charge in [0.05, 0.1) is 17.6 Å². The van der Waals surface area contributed by atoms with Gasteiger partial charge in [0, 0.05) is 19.2 Å². The zero-order valence-electron chi connectivity index (χ0n) is 10.2. The number of hydrogen-bond donors (Lipinski definition) is 3. The minimum Gasteiger partial charge on any atom is -0.396 e. The van der Waals surface area contributed by atoms with Crippen LogP contribution in [-0.2, 0) is 6.54 Å². The van der Waals surface area contributed by atoms with Crippen LogP contribution in [0.2, 0.25) is 0 Å². The van der Waals surface area contributed by atoms with E-state index in [0.29, 0.717) is 13.0 Å². The molecule has 1 rings (SSSR count). The maximum atomic E-state index is 10.4. The largest absolute Gasteiger partial charge is 0.396 e. The SMILES string of the molecule is CC(CCO)NCC(O)Cn1cc([N+](=O)[O-])cn1. The molecular weight excluding hydrogens is 240 g/mol. The highest BCUT2D eigenvalue weighted by Crippen LogP contribution is 2.07. The molecule has 2 unspecified atom stereocenters. The van der Waals surface area contributed by atoms with E-state index in [0.717, 1.165) is 6.20 Å². The van der Waals surface area contributed by atoms with Crippen LogP contribution in [0.1, 0.15) is 13.3 Å². The van der Waals surface area contributed by atoms with E-state index in [1.165, 1.54) is 10.9 Å². The van der Waals surface area contributed by atoms with Crippen LogP contribution >= 0.6 is 0 Å². The summed E-state index contributed by atoms with van der Waals surface area (Å²) in [6.07, 6.45) is 2.35. The Bertz CT molecular complexity index is 382. The van der Waals surface area contributed by atoms with E-state index in [2.05, 4.69) is 10.4 Å². The van der Waals surface area contributed by atoms with Gasteiger partial charge < -0.3 is 15.5 Å². The van der Waals surface area contributed by atoms with Gasteiger partial charge in [-0.15, -0.1) is 0 Å². The van der Waals surface area contributed by atoms with Crippen LogP contribution in [0.5, 0.6) is 0 Å². The van der Waals surface area contributed by atoms with Gasteiger partial charge in [-0.05, 0) is 13.3 Å². The van der Waals surface area contributed by atoms with Crippen molar-refractivity contribution in [3.05, 3.63) is 22.5 Å². The van der Waals surface area contributed by atoms with Gasteiger partial charge in [0.25, 0.3) is 0 Å². The van der Waals surface area contributed by atoms with E-state index in [4.69, 9.17) is 5.11 Å². The maximum Gasteiger partial charge on any atom is 0.306 e. The first-order chi connectivity index (χ1) is 8.52. The molecule has 0 bridgehead atoms. The molecule has 102 valence electrons. The lowest BCUT2D eigenvalue weighted by molar-refractivity contribution is -0.385. The topological polar surface area (TPSA) is 113 Å². The Morgan fingerprint density at radius 2 is 2.39 bits per heavy atom. The molecule has 0 aliphatic rings. The van der Waals surface area contributed by atoms with Gasteiger partial charge in [0.2, 0.25) is 0 Å². The highest BCUT2D eigenvalue weighted by Gasteiger charge is 2.12. The summed E-state index contributed by atoms with van der Waals surface area (Å²) in [4.78, 5) is 9.91. The van der Waals surface area contributed by atoms with E-state index < -0.39 is 11.0 Å². The first-order valence-electron chi connectivity index (χ1n) is 5.72. The highest BCUT2D eigenvalue weighted by atomic mass is 16.6. The second-order valence-electron chi connectivity index (χ2n) is 4.15. The molecule has 0 saturated carbocycles. The van der Waals surface area contributed by atoms with E-state index in [1.807, 2.05) is 6.92 Å². The molecule has 18 heavy (non-hydrogen) atoms. The Kier molecular flexibility index (Phi) is 5.69. The summed E-state index contributed by atoms with van der Waals surface area (Å²) >= 11 is 0. The molecule has 0 spiro atoms. The average Bonchev–Trinajstić information content (AvgIpc) is 2.75. The smallest absolute Gasteiger partial charge is 0.306 e. The Morgan fingerprint density at radius 1 is 1.67 bits per heavy atom. The molecule has 1 aromatic heterocycles. The summed E-state index contributed by atoms with van der Waals surface area (Å²) in [6.45, 7) is 2.53. The van der Waals surface area contributed by atoms with Gasteiger partial charge in [-0.25, -0.2) is 0 Å². The van der Waals surface area contributed by atoms with Crippen LogP contribution in [0.3, 0.4) is 0 Å². The fraction of sp³-hybridized carbons (Fsp3) is 0.700. The second kappa shape index (κ2) is 7.04. The van der Waals surface area contributed by atoms with E-state index in [1.54, 1.807) is 0 Å². The lowest BCUT2D eigenvalue weighted by Crippen LogP contribution is -2.36. The fourth-order valence-electron chi connectivity index (χ4n) is 1.46. The summed E-state index contributed by atoms with van der Waals surface area (Å²) in [5.74, 6) is 0. The van der Waals surface area contributed by atoms with Crippen molar-refractivity contribution in [2.45, 2.75) is 32.0 Å². The van der Waals surface area contributed by atoms with Crippen molar-refractivity contribution in [2.24, 2.45) is 0 Å². The molecule has 0 saturated heterocycles. The maximum absolute atomic E-state index is 10.4. The van der Waals surface area contributed by atoms with Crippen LogP contribution in [0.25, 0.3) is 0 Å². The lowest BCUT2D eigenvalue weighted by Gasteiger charge is -2.16. The lowest BCUT2D eigenvalue weighted by atomic mass is 10.2. The summed E-state index contributed by atoms with van der Waals surface area (Å²) in [7, 11) is 0. The van der Waals surface area contributed by atoms with E-state index in [9.17, 15) is 15.2 Å². The number of aromatic nitrogens is 2. The van der Waals surface area contributed by atoms with Gasteiger partial charge in [0.15, 0.2) is 0 Å². The van der Waals surface area contributed by atoms with Crippen LogP contribution in [-0.4, -0.2) is 50.2 Å². The quantitative estimate of drug-likeness (QED) is 0.428. The Hall–Kier alpha value is -1.51. The Balaban J connectivity index is 2.34. The van der Waals surface area contributed by atoms with Gasteiger partial charge >= 0.3 is 5.69 Å². The third kappa shape index (κ3) is 4.78. The normalized spacial score (nSPS) is 14.4. The van der Waals surface area contributed by atoms with Crippen LogP contribution in [0.4, 0.5) is 5.69 Å². The number of hydrogen-bond acceptors (Lipinski definition) is 6. The molecule has 0 aliphatic carbocycles. The van der Waals surface area contributed by atoms with Crippen molar-refractivity contribution >= 4 is 5.69 Å². The first-order valence-corrected chi connectivity index (χ1v) is 5.72. The molecular formula is C10H18N4O4. The third-order valence-electron chi connectivity index (χ3n) is 2.49. The second-order valence-corrected chi connectivity index (χ2v) is 4.15. The fourth-order valence-corrected chi connectivity index (χ4v) is 1.46. The number of aliphatic hydroxyl groups is 2. The van der Waals surface area contributed by atoms with Crippen molar-refractivity contribution in [2.75, 3.05) is 13.2 Å². The molecule has 8 heteroatoms. The molecule has 0 aliphatic heterocycles. The first kappa shape index (κ1) is 14.6. The zero-order chi connectivity index (χ0) is 13.5. The molecule has 2 atom stereocenters. The summed E-state index contributed by atoms with van der Waals surface area (Å²) in [6, 6.07) is 0.108. The van der Waals surface area contributed by atoms with Crippen molar-refractivity contribution in [3.8, 4) is 0 Å². The zero-order valence-corrected chi connectivity index (χ0v) is 10.2. The summed E-state index contributed by atoms with van der Waals surface area (Å²) in [5.41, 5.74) is -0.0937. The summed E-state index contributed by atoms with van der Waals surface area (Å²) in [5, 5.41) is 35.7. The Labute approximate surface area is 104 Å². The molecule has 3 N–H and O–H groups in total. The van der Waals surface area contributed by atoms with Gasteiger partial charge in [0.1, 0.15) is 12.4 Å². The standard InChI is InChI=1S/C10H18N4O4/c1-8(2-3-15)11-5-10(16)7-13-6-9(4-12-13)14(17)18/h4,6,8,10-11,15-16H,2-3,5,7H2,1H3. The minimum absolute atomic E-state index is 0.0929. The van der Waals surface area contributed by atoms with E-state index in [-0.39, 0.29) is 24.9 Å². The van der Waals surface area contributed by atoms with Gasteiger partial charge in [-0.3, -0.25) is 14.8 Å². The van der Waals surface area contributed by atoms with Crippen molar-refractivity contribution in [1.29, 1.82) is 0 Å². The Morgan fingerprint density at radius 3 is 2.94 bits per heavy atom. The third-order valence-corrected chi connectivity index (χ3v) is 2.49. The predicted molar refractivity (Wildman–Crippen MR) is 64.1 cm³/mol. The number of rotatable bonds is 8. The number of aliphatic hydroxyl groups excluding tert-OH is 2. The predicted octanol–water partition coefficient (Wildman–Crippen LogP) is -0.487. The van der Waals surface area contributed by atoms with Gasteiger partial charge in [-0.2, -0.15) is 5.10 Å². The number of nitrogens with one attached hydrogen (secondary N) is 1. The molecule has 1 heterocycles. The monoisotopic (exact) mass is 258 g/mol. The number of nitro groups is 1. The minimum atomic E-state index is -0.689. The van der Waals surface area contributed by atoms with E-state index >= 15 is 0 Å². The average molecular weight is 258 g/mol.